The maximum absolute atomic E-state index is 12.4. The lowest BCUT2D eigenvalue weighted by atomic mass is 10.1. The molecule has 2 heterocycles. The van der Waals surface area contributed by atoms with E-state index in [-0.39, 0.29) is 18.0 Å². The van der Waals surface area contributed by atoms with Crippen molar-refractivity contribution in [2.75, 3.05) is 7.05 Å². The van der Waals surface area contributed by atoms with Crippen LogP contribution in [0.15, 0.2) is 36.8 Å². The molecule has 0 saturated heterocycles. The summed E-state index contributed by atoms with van der Waals surface area (Å²) in [6.07, 6.45) is 5.49. The van der Waals surface area contributed by atoms with Crippen molar-refractivity contribution in [1.29, 1.82) is 0 Å². The van der Waals surface area contributed by atoms with Gasteiger partial charge in [0.05, 0.1) is 17.5 Å². The van der Waals surface area contributed by atoms with Crippen LogP contribution < -0.4 is 0 Å². The average Bonchev–Trinajstić information content (AvgIpc) is 3.13. The lowest BCUT2D eigenvalue weighted by Crippen LogP contribution is -2.27. The SMILES string of the molecule is CN(Cc1cnn(C)c1)C(=O)Cc1c[nH]c2ccc([N+](=O)[O-])cc12. The van der Waals surface area contributed by atoms with E-state index in [9.17, 15) is 14.9 Å². The summed E-state index contributed by atoms with van der Waals surface area (Å²) in [4.78, 5) is 27.6. The van der Waals surface area contributed by atoms with Crippen molar-refractivity contribution < 1.29 is 9.72 Å². The van der Waals surface area contributed by atoms with Crippen LogP contribution in [0, 0.1) is 10.1 Å². The molecular weight excluding hydrogens is 310 g/mol. The fourth-order valence-electron chi connectivity index (χ4n) is 2.64. The van der Waals surface area contributed by atoms with Crippen molar-refractivity contribution in [3.05, 3.63) is 58.0 Å². The fraction of sp³-hybridized carbons (Fsp3) is 0.250. The molecule has 0 aliphatic rings. The number of hydrogen-bond donors (Lipinski definition) is 1. The average molecular weight is 327 g/mol. The molecule has 124 valence electrons. The molecule has 0 spiro atoms. The Balaban J connectivity index is 1.77. The summed E-state index contributed by atoms with van der Waals surface area (Å²) in [6.45, 7) is 0.467. The highest BCUT2D eigenvalue weighted by Crippen LogP contribution is 2.24. The molecule has 0 fully saturated rings. The minimum atomic E-state index is -0.438. The molecule has 0 radical (unpaired) electrons. The van der Waals surface area contributed by atoms with Crippen molar-refractivity contribution in [2.24, 2.45) is 7.05 Å². The van der Waals surface area contributed by atoms with Gasteiger partial charge in [-0.05, 0) is 11.6 Å². The molecule has 8 nitrogen and oxygen atoms in total. The van der Waals surface area contributed by atoms with Crippen molar-refractivity contribution in [3.63, 3.8) is 0 Å². The zero-order chi connectivity index (χ0) is 17.3. The van der Waals surface area contributed by atoms with Crippen LogP contribution in [0.1, 0.15) is 11.1 Å². The lowest BCUT2D eigenvalue weighted by molar-refractivity contribution is -0.384. The quantitative estimate of drug-likeness (QED) is 0.572. The van der Waals surface area contributed by atoms with Crippen LogP contribution in [0.2, 0.25) is 0 Å². The number of aryl methyl sites for hydroxylation is 1. The Kier molecular flexibility index (Phi) is 4.03. The molecular formula is C16H17N5O3. The summed E-state index contributed by atoms with van der Waals surface area (Å²) < 4.78 is 1.69. The van der Waals surface area contributed by atoms with E-state index >= 15 is 0 Å². The third-order valence-electron chi connectivity index (χ3n) is 3.91. The summed E-state index contributed by atoms with van der Waals surface area (Å²) in [6, 6.07) is 4.59. The molecule has 0 bridgehead atoms. The second-order valence-electron chi connectivity index (χ2n) is 5.75. The van der Waals surface area contributed by atoms with E-state index < -0.39 is 4.92 Å². The number of likely N-dealkylation sites (N-methyl/N-ethyl adjacent to an activating group) is 1. The topological polar surface area (TPSA) is 97.1 Å². The van der Waals surface area contributed by atoms with Crippen LogP contribution >= 0.6 is 0 Å². The predicted molar refractivity (Wildman–Crippen MR) is 88.3 cm³/mol. The fourth-order valence-corrected chi connectivity index (χ4v) is 2.64. The van der Waals surface area contributed by atoms with Crippen molar-refractivity contribution in [2.45, 2.75) is 13.0 Å². The molecule has 8 heteroatoms. The number of carbonyl (C=O) groups is 1. The molecule has 3 rings (SSSR count). The standard InChI is InChI=1S/C16H17N5O3/c1-19(9-11-7-18-20(2)10-11)16(22)5-12-8-17-15-4-3-13(21(23)24)6-14(12)15/h3-4,6-8,10,17H,5,9H2,1-2H3. The molecule has 1 N–H and O–H groups in total. The van der Waals surface area contributed by atoms with Crippen LogP contribution in [0.25, 0.3) is 10.9 Å². The Hall–Kier alpha value is -3.16. The van der Waals surface area contributed by atoms with E-state index in [0.717, 1.165) is 16.6 Å². The number of nitro benzene ring substituents is 1. The van der Waals surface area contributed by atoms with Gasteiger partial charge in [-0.15, -0.1) is 0 Å². The van der Waals surface area contributed by atoms with Gasteiger partial charge in [0.2, 0.25) is 5.91 Å². The largest absolute Gasteiger partial charge is 0.361 e. The van der Waals surface area contributed by atoms with Gasteiger partial charge in [0.25, 0.3) is 5.69 Å². The zero-order valence-corrected chi connectivity index (χ0v) is 13.4. The number of H-pyrrole nitrogens is 1. The number of aromatic nitrogens is 3. The number of hydrogen-bond acceptors (Lipinski definition) is 4. The minimum Gasteiger partial charge on any atom is -0.361 e. The smallest absolute Gasteiger partial charge is 0.270 e. The number of nitrogens with zero attached hydrogens (tertiary/aromatic N) is 4. The van der Waals surface area contributed by atoms with Crippen LogP contribution in [0.5, 0.6) is 0 Å². The lowest BCUT2D eigenvalue weighted by Gasteiger charge is -2.15. The highest BCUT2D eigenvalue weighted by Gasteiger charge is 2.16. The highest BCUT2D eigenvalue weighted by atomic mass is 16.6. The first-order valence-electron chi connectivity index (χ1n) is 7.40. The van der Waals surface area contributed by atoms with Gasteiger partial charge >= 0.3 is 0 Å². The first-order chi connectivity index (χ1) is 11.4. The summed E-state index contributed by atoms with van der Waals surface area (Å²) >= 11 is 0. The number of non-ortho nitro benzene ring substituents is 1. The Labute approximate surface area is 137 Å². The molecule has 1 amide bonds. The minimum absolute atomic E-state index is 0.0134. The number of benzene rings is 1. The van der Waals surface area contributed by atoms with Gasteiger partial charge in [0.1, 0.15) is 0 Å². The van der Waals surface area contributed by atoms with Crippen molar-refractivity contribution in [3.8, 4) is 0 Å². The van der Waals surface area contributed by atoms with E-state index in [2.05, 4.69) is 10.1 Å². The van der Waals surface area contributed by atoms with E-state index in [4.69, 9.17) is 0 Å². The summed E-state index contributed by atoms with van der Waals surface area (Å²) in [5.41, 5.74) is 2.48. The van der Waals surface area contributed by atoms with Crippen LogP contribution in [0.3, 0.4) is 0 Å². The van der Waals surface area contributed by atoms with Crippen LogP contribution in [-0.4, -0.2) is 37.5 Å². The molecule has 0 aliphatic carbocycles. The number of fused-ring (bicyclic) bond motifs is 1. The summed E-state index contributed by atoms with van der Waals surface area (Å²) in [5.74, 6) is -0.0636. The monoisotopic (exact) mass is 327 g/mol. The van der Waals surface area contributed by atoms with E-state index in [1.165, 1.54) is 12.1 Å². The second-order valence-corrected chi connectivity index (χ2v) is 5.75. The molecule has 0 atom stereocenters. The van der Waals surface area contributed by atoms with Crippen LogP contribution in [-0.2, 0) is 24.8 Å². The summed E-state index contributed by atoms with van der Waals surface area (Å²) in [5, 5.41) is 15.7. The normalized spacial score (nSPS) is 10.9. The van der Waals surface area contributed by atoms with E-state index in [0.29, 0.717) is 11.9 Å². The predicted octanol–water partition coefficient (Wildman–Crippen LogP) is 2.01. The third kappa shape index (κ3) is 3.12. The van der Waals surface area contributed by atoms with Gasteiger partial charge in [-0.1, -0.05) is 0 Å². The molecule has 2 aromatic heterocycles. The van der Waals surface area contributed by atoms with Crippen molar-refractivity contribution in [1.82, 2.24) is 19.7 Å². The highest BCUT2D eigenvalue weighted by molar-refractivity contribution is 5.90. The molecule has 0 aliphatic heterocycles. The zero-order valence-electron chi connectivity index (χ0n) is 13.4. The second kappa shape index (κ2) is 6.15. The number of amides is 1. The Morgan fingerprint density at radius 1 is 1.46 bits per heavy atom. The van der Waals surface area contributed by atoms with Gasteiger partial charge in [-0.25, -0.2) is 0 Å². The third-order valence-corrected chi connectivity index (χ3v) is 3.91. The maximum atomic E-state index is 12.4. The first-order valence-corrected chi connectivity index (χ1v) is 7.40. The van der Waals surface area contributed by atoms with Gasteiger partial charge in [0.15, 0.2) is 0 Å². The molecule has 0 saturated carbocycles. The Morgan fingerprint density at radius 3 is 2.92 bits per heavy atom. The molecule has 24 heavy (non-hydrogen) atoms. The van der Waals surface area contributed by atoms with E-state index in [1.54, 1.807) is 35.1 Å². The van der Waals surface area contributed by atoms with Gasteiger partial charge < -0.3 is 9.88 Å². The number of nitrogens with one attached hydrogen (secondary N) is 1. The molecule has 3 aromatic rings. The number of rotatable bonds is 5. The van der Waals surface area contributed by atoms with Gasteiger partial charge in [-0.2, -0.15) is 5.10 Å². The van der Waals surface area contributed by atoms with Crippen molar-refractivity contribution >= 4 is 22.5 Å². The number of carbonyl (C=O) groups excluding carboxylic acids is 1. The Morgan fingerprint density at radius 2 is 2.25 bits per heavy atom. The Bertz CT molecular complexity index is 911. The van der Waals surface area contributed by atoms with Gasteiger partial charge in [0, 0.05) is 61.6 Å². The van der Waals surface area contributed by atoms with E-state index in [1.807, 2.05) is 13.2 Å². The molecule has 1 aromatic carbocycles. The van der Waals surface area contributed by atoms with Gasteiger partial charge in [-0.3, -0.25) is 19.6 Å². The first kappa shape index (κ1) is 15.7. The molecule has 0 unspecified atom stereocenters. The van der Waals surface area contributed by atoms with Crippen LogP contribution in [0.4, 0.5) is 5.69 Å². The number of nitro groups is 1. The summed E-state index contributed by atoms with van der Waals surface area (Å²) in [7, 11) is 3.55. The maximum Gasteiger partial charge on any atom is 0.270 e. The number of aromatic amines is 1.